The lowest BCUT2D eigenvalue weighted by Gasteiger charge is -2.37. The van der Waals surface area contributed by atoms with Gasteiger partial charge in [0.25, 0.3) is 5.91 Å². The summed E-state index contributed by atoms with van der Waals surface area (Å²) in [6.45, 7) is 4.92. The van der Waals surface area contributed by atoms with Crippen LogP contribution >= 0.6 is 11.3 Å². The molecule has 0 atom stereocenters. The fourth-order valence-electron chi connectivity index (χ4n) is 3.07. The number of rotatable bonds is 2. The van der Waals surface area contributed by atoms with E-state index in [1.54, 1.807) is 40.7 Å². The minimum absolute atomic E-state index is 0.243. The van der Waals surface area contributed by atoms with Gasteiger partial charge in [-0.2, -0.15) is 5.26 Å². The molecule has 26 heavy (non-hydrogen) atoms. The first-order chi connectivity index (χ1) is 12.3. The summed E-state index contributed by atoms with van der Waals surface area (Å²) in [5, 5.41) is 20.5. The quantitative estimate of drug-likeness (QED) is 0.558. The van der Waals surface area contributed by atoms with Crippen LogP contribution in [0.25, 0.3) is 0 Å². The van der Waals surface area contributed by atoms with Gasteiger partial charge in [0.2, 0.25) is 0 Å². The molecular formula is C18H18N4O3S. The van der Waals surface area contributed by atoms with E-state index in [9.17, 15) is 9.59 Å². The normalized spacial score (nSPS) is 14.9. The summed E-state index contributed by atoms with van der Waals surface area (Å²) in [5.41, 5.74) is 3.38. The van der Waals surface area contributed by atoms with Crippen LogP contribution in [0.4, 0.5) is 10.5 Å². The number of fused-ring (bicyclic) bond motifs is 1. The Balaban J connectivity index is 1.79. The highest BCUT2D eigenvalue weighted by molar-refractivity contribution is 7.14. The number of nitriles is 1. The first kappa shape index (κ1) is 17.9. The number of hydroxylamine groups is 1. The number of hydrogen-bond acceptors (Lipinski definition) is 5. The van der Waals surface area contributed by atoms with Crippen LogP contribution in [-0.2, 0) is 12.0 Å². The number of benzene rings is 1. The molecule has 0 fully saturated rings. The van der Waals surface area contributed by atoms with Crippen molar-refractivity contribution in [2.45, 2.75) is 25.8 Å². The monoisotopic (exact) mass is 370 g/mol. The molecule has 3 amide bonds. The van der Waals surface area contributed by atoms with E-state index in [0.717, 1.165) is 10.4 Å². The van der Waals surface area contributed by atoms with Crippen LogP contribution in [0, 0.1) is 11.3 Å². The van der Waals surface area contributed by atoms with Crippen molar-refractivity contribution >= 4 is 29.0 Å². The van der Waals surface area contributed by atoms with Crippen molar-refractivity contribution < 1.29 is 14.8 Å². The standard InChI is InChI=1S/C18H18N4O3S/c1-18(2)10-22(9-12-7-14(16(23)21-25)26-15(12)18)17(24)20-13-5-3-11(8-19)4-6-13/h3-7,25H,9-10H2,1-2H3,(H,20,24)(H,21,23). The van der Waals surface area contributed by atoms with Gasteiger partial charge in [0.05, 0.1) is 16.5 Å². The van der Waals surface area contributed by atoms with Gasteiger partial charge in [-0.1, -0.05) is 13.8 Å². The van der Waals surface area contributed by atoms with E-state index in [-0.39, 0.29) is 11.4 Å². The average molecular weight is 370 g/mol. The van der Waals surface area contributed by atoms with Gasteiger partial charge >= 0.3 is 6.03 Å². The van der Waals surface area contributed by atoms with E-state index < -0.39 is 5.91 Å². The van der Waals surface area contributed by atoms with Crippen molar-refractivity contribution in [3.63, 3.8) is 0 Å². The van der Waals surface area contributed by atoms with Crippen LogP contribution in [-0.4, -0.2) is 28.6 Å². The molecule has 8 heteroatoms. The SMILES string of the molecule is CC1(C)CN(C(=O)Nc2ccc(C#N)cc2)Cc2cc(C(=O)NO)sc21. The van der Waals surface area contributed by atoms with E-state index in [0.29, 0.717) is 29.2 Å². The Morgan fingerprint density at radius 2 is 2.00 bits per heavy atom. The van der Waals surface area contributed by atoms with Gasteiger partial charge in [-0.05, 0) is 35.9 Å². The van der Waals surface area contributed by atoms with E-state index >= 15 is 0 Å². The number of thiophene rings is 1. The Labute approximate surface area is 154 Å². The zero-order valence-corrected chi connectivity index (χ0v) is 15.2. The van der Waals surface area contributed by atoms with E-state index in [1.165, 1.54) is 11.3 Å². The highest BCUT2D eigenvalue weighted by Crippen LogP contribution is 2.39. The topological polar surface area (TPSA) is 105 Å². The number of carbonyl (C=O) groups excluding carboxylic acids is 2. The van der Waals surface area contributed by atoms with Crippen LogP contribution in [0.15, 0.2) is 30.3 Å². The second-order valence-corrected chi connectivity index (χ2v) is 7.82. The lowest BCUT2D eigenvalue weighted by Crippen LogP contribution is -2.46. The number of nitrogens with one attached hydrogen (secondary N) is 2. The molecule has 2 aromatic rings. The second-order valence-electron chi connectivity index (χ2n) is 6.77. The third kappa shape index (κ3) is 3.40. The molecule has 1 aromatic heterocycles. The van der Waals surface area contributed by atoms with Crippen molar-refractivity contribution in [2.24, 2.45) is 0 Å². The Morgan fingerprint density at radius 1 is 1.31 bits per heavy atom. The Kier molecular flexibility index (Phi) is 4.68. The van der Waals surface area contributed by atoms with Crippen LogP contribution in [0.3, 0.4) is 0 Å². The van der Waals surface area contributed by atoms with Gasteiger partial charge in [0.15, 0.2) is 0 Å². The predicted molar refractivity (Wildman–Crippen MR) is 97.2 cm³/mol. The molecule has 1 aliphatic heterocycles. The first-order valence-electron chi connectivity index (χ1n) is 7.98. The smallest absolute Gasteiger partial charge is 0.319 e. The van der Waals surface area contributed by atoms with Crippen molar-refractivity contribution in [1.82, 2.24) is 10.4 Å². The molecule has 0 aliphatic carbocycles. The molecule has 7 nitrogen and oxygen atoms in total. The Morgan fingerprint density at radius 3 is 2.62 bits per heavy atom. The maximum absolute atomic E-state index is 12.7. The molecule has 2 heterocycles. The number of amides is 3. The Hall–Kier alpha value is -2.89. The number of hydrogen-bond donors (Lipinski definition) is 3. The summed E-state index contributed by atoms with van der Waals surface area (Å²) in [7, 11) is 0. The van der Waals surface area contributed by atoms with E-state index in [4.69, 9.17) is 10.5 Å². The highest BCUT2D eigenvalue weighted by Gasteiger charge is 2.36. The molecule has 3 rings (SSSR count). The molecule has 0 unspecified atom stereocenters. The fraction of sp³-hybridized carbons (Fsp3) is 0.278. The lowest BCUT2D eigenvalue weighted by atomic mass is 9.85. The van der Waals surface area contributed by atoms with E-state index in [2.05, 4.69) is 5.32 Å². The van der Waals surface area contributed by atoms with Crippen LogP contribution in [0.2, 0.25) is 0 Å². The minimum Gasteiger partial charge on any atom is -0.319 e. The predicted octanol–water partition coefficient (Wildman–Crippen LogP) is 3.06. The second kappa shape index (κ2) is 6.78. The molecule has 1 aliphatic rings. The molecule has 0 bridgehead atoms. The maximum Gasteiger partial charge on any atom is 0.322 e. The summed E-state index contributed by atoms with van der Waals surface area (Å²) in [4.78, 5) is 27.5. The molecular weight excluding hydrogens is 352 g/mol. The van der Waals surface area contributed by atoms with Gasteiger partial charge in [-0.25, -0.2) is 10.3 Å². The maximum atomic E-state index is 12.7. The molecule has 134 valence electrons. The summed E-state index contributed by atoms with van der Waals surface area (Å²) in [6, 6.07) is 10.2. The van der Waals surface area contributed by atoms with Crippen LogP contribution in [0.5, 0.6) is 0 Å². The highest BCUT2D eigenvalue weighted by atomic mass is 32.1. The third-order valence-electron chi connectivity index (χ3n) is 4.25. The van der Waals surface area contributed by atoms with Crippen molar-refractivity contribution in [2.75, 3.05) is 11.9 Å². The zero-order valence-electron chi connectivity index (χ0n) is 14.4. The molecule has 0 saturated carbocycles. The molecule has 1 aromatic carbocycles. The largest absolute Gasteiger partial charge is 0.322 e. The average Bonchev–Trinajstić information content (AvgIpc) is 3.06. The Bertz CT molecular complexity index is 896. The zero-order chi connectivity index (χ0) is 18.9. The lowest BCUT2D eigenvalue weighted by molar-refractivity contribution is 0.0711. The van der Waals surface area contributed by atoms with Gasteiger partial charge in [0, 0.05) is 29.1 Å². The minimum atomic E-state index is -0.547. The van der Waals surface area contributed by atoms with Crippen molar-refractivity contribution in [3.8, 4) is 6.07 Å². The number of urea groups is 1. The van der Waals surface area contributed by atoms with Gasteiger partial charge in [-0.15, -0.1) is 11.3 Å². The number of carbonyl (C=O) groups is 2. The molecule has 3 N–H and O–H groups in total. The fourth-order valence-corrected chi connectivity index (χ4v) is 4.23. The van der Waals surface area contributed by atoms with Gasteiger partial charge in [-0.3, -0.25) is 10.0 Å². The van der Waals surface area contributed by atoms with Gasteiger partial charge in [0.1, 0.15) is 0 Å². The van der Waals surface area contributed by atoms with Crippen LogP contribution < -0.4 is 10.8 Å². The third-order valence-corrected chi connectivity index (χ3v) is 5.79. The first-order valence-corrected chi connectivity index (χ1v) is 8.79. The van der Waals surface area contributed by atoms with Crippen molar-refractivity contribution in [3.05, 3.63) is 51.2 Å². The molecule has 0 saturated heterocycles. The van der Waals surface area contributed by atoms with Gasteiger partial charge < -0.3 is 10.2 Å². The van der Waals surface area contributed by atoms with Crippen molar-refractivity contribution in [1.29, 1.82) is 5.26 Å². The summed E-state index contributed by atoms with van der Waals surface area (Å²) < 4.78 is 0. The molecule has 0 spiro atoms. The summed E-state index contributed by atoms with van der Waals surface area (Å²) >= 11 is 1.34. The molecule has 0 radical (unpaired) electrons. The van der Waals surface area contributed by atoms with Crippen LogP contribution in [0.1, 0.15) is 39.5 Å². The summed E-state index contributed by atoms with van der Waals surface area (Å²) in [6.07, 6.45) is 0. The van der Waals surface area contributed by atoms with E-state index in [1.807, 2.05) is 19.9 Å². The number of anilines is 1. The summed E-state index contributed by atoms with van der Waals surface area (Å²) in [5.74, 6) is -0.547. The number of nitrogens with zero attached hydrogens (tertiary/aromatic N) is 2.